The Morgan fingerprint density at radius 3 is 2.60 bits per heavy atom. The van der Waals surface area contributed by atoms with Gasteiger partial charge in [-0.05, 0) is 49.9 Å². The number of piperidine rings is 1. The second-order valence-electron chi connectivity index (χ2n) is 7.69. The monoisotopic (exact) mass is 430 g/mol. The Morgan fingerprint density at radius 2 is 1.87 bits per heavy atom. The molecule has 1 fully saturated rings. The second-order valence-corrected chi connectivity index (χ2v) is 9.58. The molecule has 1 atom stereocenters. The summed E-state index contributed by atoms with van der Waals surface area (Å²) in [4.78, 5) is 12.8. The average molecular weight is 431 g/mol. The highest BCUT2D eigenvalue weighted by Crippen LogP contribution is 2.27. The van der Waals surface area contributed by atoms with Crippen LogP contribution in [0.15, 0.2) is 53.4 Å². The summed E-state index contributed by atoms with van der Waals surface area (Å²) in [6.45, 7) is 2.86. The molecule has 3 rings (SSSR count). The molecule has 1 saturated heterocycles. The Hall–Kier alpha value is -2.38. The molecule has 0 bridgehead atoms. The SMILES string of the molecule is COc1ccccc1CCNC(=O)C[C@H]1CCCCN1S(=O)(=O)c1ccc(C)cc1. The molecule has 0 spiro atoms. The van der Waals surface area contributed by atoms with Crippen molar-refractivity contribution in [2.75, 3.05) is 20.2 Å². The van der Waals surface area contributed by atoms with Gasteiger partial charge >= 0.3 is 0 Å². The molecule has 30 heavy (non-hydrogen) atoms. The van der Waals surface area contributed by atoms with Gasteiger partial charge in [0.15, 0.2) is 0 Å². The van der Waals surface area contributed by atoms with Crippen LogP contribution in [0.25, 0.3) is 0 Å². The maximum Gasteiger partial charge on any atom is 0.243 e. The molecule has 7 heteroatoms. The molecule has 0 radical (unpaired) electrons. The maximum atomic E-state index is 13.1. The summed E-state index contributed by atoms with van der Waals surface area (Å²) < 4.78 is 33.1. The van der Waals surface area contributed by atoms with E-state index in [4.69, 9.17) is 4.74 Å². The van der Waals surface area contributed by atoms with Gasteiger partial charge in [-0.3, -0.25) is 4.79 Å². The normalized spacial score (nSPS) is 17.5. The Balaban J connectivity index is 1.61. The molecule has 1 aliphatic heterocycles. The van der Waals surface area contributed by atoms with Crippen molar-refractivity contribution in [3.63, 3.8) is 0 Å². The van der Waals surface area contributed by atoms with Crippen molar-refractivity contribution >= 4 is 15.9 Å². The maximum absolute atomic E-state index is 13.1. The fourth-order valence-corrected chi connectivity index (χ4v) is 5.57. The summed E-state index contributed by atoms with van der Waals surface area (Å²) in [5, 5.41) is 2.93. The molecule has 6 nitrogen and oxygen atoms in total. The number of hydrogen-bond donors (Lipinski definition) is 1. The average Bonchev–Trinajstić information content (AvgIpc) is 2.74. The van der Waals surface area contributed by atoms with Gasteiger partial charge in [0.2, 0.25) is 15.9 Å². The van der Waals surface area contributed by atoms with Crippen LogP contribution in [0.5, 0.6) is 5.75 Å². The number of nitrogens with zero attached hydrogens (tertiary/aromatic N) is 1. The molecule has 162 valence electrons. The third-order valence-electron chi connectivity index (χ3n) is 5.53. The topological polar surface area (TPSA) is 75.7 Å². The number of sulfonamides is 1. The van der Waals surface area contributed by atoms with Crippen LogP contribution in [-0.2, 0) is 21.2 Å². The molecule has 2 aromatic rings. The first kappa shape index (κ1) is 22.3. The van der Waals surface area contributed by atoms with Crippen LogP contribution < -0.4 is 10.1 Å². The highest BCUT2D eigenvalue weighted by Gasteiger charge is 2.34. The minimum Gasteiger partial charge on any atom is -0.496 e. The molecule has 1 heterocycles. The lowest BCUT2D eigenvalue weighted by atomic mass is 10.0. The van der Waals surface area contributed by atoms with Crippen molar-refractivity contribution in [3.8, 4) is 5.75 Å². The lowest BCUT2D eigenvalue weighted by Gasteiger charge is -2.34. The number of rotatable bonds is 8. The number of aryl methyl sites for hydroxylation is 1. The number of ether oxygens (including phenoxy) is 1. The zero-order chi connectivity index (χ0) is 21.6. The van der Waals surface area contributed by atoms with Crippen LogP contribution in [0.3, 0.4) is 0 Å². The van der Waals surface area contributed by atoms with Gasteiger partial charge in [0.1, 0.15) is 5.75 Å². The van der Waals surface area contributed by atoms with Gasteiger partial charge in [-0.25, -0.2) is 8.42 Å². The highest BCUT2D eigenvalue weighted by atomic mass is 32.2. The van der Waals surface area contributed by atoms with Crippen LogP contribution >= 0.6 is 0 Å². The summed E-state index contributed by atoms with van der Waals surface area (Å²) in [7, 11) is -1.98. The van der Waals surface area contributed by atoms with Gasteiger partial charge in [0.05, 0.1) is 12.0 Å². The van der Waals surface area contributed by atoms with E-state index in [2.05, 4.69) is 5.32 Å². The van der Waals surface area contributed by atoms with E-state index in [0.29, 0.717) is 25.9 Å². The van der Waals surface area contributed by atoms with Crippen LogP contribution in [0, 0.1) is 6.92 Å². The van der Waals surface area contributed by atoms with E-state index in [0.717, 1.165) is 29.7 Å². The molecular weight excluding hydrogens is 400 g/mol. The number of para-hydroxylation sites is 1. The van der Waals surface area contributed by atoms with Crippen LogP contribution in [0.4, 0.5) is 0 Å². The van der Waals surface area contributed by atoms with Gasteiger partial charge < -0.3 is 10.1 Å². The van der Waals surface area contributed by atoms with Crippen molar-refractivity contribution in [1.29, 1.82) is 0 Å². The predicted molar refractivity (Wildman–Crippen MR) is 117 cm³/mol. The van der Waals surface area contributed by atoms with Crippen molar-refractivity contribution in [1.82, 2.24) is 9.62 Å². The van der Waals surface area contributed by atoms with E-state index >= 15 is 0 Å². The highest BCUT2D eigenvalue weighted by molar-refractivity contribution is 7.89. The summed E-state index contributed by atoms with van der Waals surface area (Å²) in [5.41, 5.74) is 2.04. The smallest absolute Gasteiger partial charge is 0.243 e. The van der Waals surface area contributed by atoms with Crippen molar-refractivity contribution in [2.24, 2.45) is 0 Å². The third-order valence-corrected chi connectivity index (χ3v) is 7.50. The Bertz CT molecular complexity index is 957. The van der Waals surface area contributed by atoms with E-state index in [-0.39, 0.29) is 23.3 Å². The van der Waals surface area contributed by atoms with Crippen molar-refractivity contribution in [2.45, 2.75) is 50.0 Å². The van der Waals surface area contributed by atoms with Crippen LogP contribution in [0.2, 0.25) is 0 Å². The number of carbonyl (C=O) groups excluding carboxylic acids is 1. The quantitative estimate of drug-likeness (QED) is 0.697. The Morgan fingerprint density at radius 1 is 1.13 bits per heavy atom. The molecule has 2 aromatic carbocycles. The third kappa shape index (κ3) is 5.40. The molecule has 0 aliphatic carbocycles. The molecule has 1 N–H and O–H groups in total. The summed E-state index contributed by atoms with van der Waals surface area (Å²) >= 11 is 0. The summed E-state index contributed by atoms with van der Waals surface area (Å²) in [5.74, 6) is 0.676. The number of hydrogen-bond acceptors (Lipinski definition) is 4. The Labute approximate surface area is 179 Å². The zero-order valence-electron chi connectivity index (χ0n) is 17.6. The lowest BCUT2D eigenvalue weighted by molar-refractivity contribution is -0.122. The Kier molecular flexibility index (Phi) is 7.50. The first-order valence-electron chi connectivity index (χ1n) is 10.4. The van der Waals surface area contributed by atoms with Gasteiger partial charge in [-0.15, -0.1) is 0 Å². The number of benzene rings is 2. The predicted octanol–water partition coefficient (Wildman–Crippen LogP) is 3.30. The molecule has 1 aliphatic rings. The number of carbonyl (C=O) groups is 1. The van der Waals surface area contributed by atoms with E-state index < -0.39 is 10.0 Å². The first-order valence-corrected chi connectivity index (χ1v) is 11.8. The summed E-state index contributed by atoms with van der Waals surface area (Å²) in [6.07, 6.45) is 3.28. The zero-order valence-corrected chi connectivity index (χ0v) is 18.5. The van der Waals surface area contributed by atoms with E-state index in [9.17, 15) is 13.2 Å². The van der Waals surface area contributed by atoms with E-state index in [1.165, 1.54) is 4.31 Å². The second kappa shape index (κ2) is 10.1. The first-order chi connectivity index (χ1) is 14.4. The summed E-state index contributed by atoms with van der Waals surface area (Å²) in [6, 6.07) is 14.3. The lowest BCUT2D eigenvalue weighted by Crippen LogP contribution is -2.46. The van der Waals surface area contributed by atoms with E-state index in [1.54, 1.807) is 31.4 Å². The van der Waals surface area contributed by atoms with Gasteiger partial charge in [-0.2, -0.15) is 4.31 Å². The van der Waals surface area contributed by atoms with Crippen LogP contribution in [0.1, 0.15) is 36.8 Å². The molecule has 0 aromatic heterocycles. The largest absolute Gasteiger partial charge is 0.496 e. The minimum atomic E-state index is -3.61. The van der Waals surface area contributed by atoms with Crippen molar-refractivity contribution < 1.29 is 17.9 Å². The standard InChI is InChI=1S/C23H30N2O4S/c1-18-10-12-21(13-11-18)30(27,28)25-16-6-5-8-20(25)17-23(26)24-15-14-19-7-3-4-9-22(19)29-2/h3-4,7,9-13,20H,5-6,8,14-17H2,1-2H3,(H,24,26)/t20-/m1/s1. The van der Waals surface area contributed by atoms with Gasteiger partial charge in [0.25, 0.3) is 0 Å². The van der Waals surface area contributed by atoms with Crippen molar-refractivity contribution in [3.05, 3.63) is 59.7 Å². The number of nitrogens with one attached hydrogen (secondary N) is 1. The molecule has 0 unspecified atom stereocenters. The van der Waals surface area contributed by atoms with E-state index in [1.807, 2.05) is 31.2 Å². The van der Waals surface area contributed by atoms with Gasteiger partial charge in [0, 0.05) is 25.6 Å². The molecular formula is C23H30N2O4S. The molecule has 0 saturated carbocycles. The molecule has 1 amide bonds. The fraction of sp³-hybridized carbons (Fsp3) is 0.435. The van der Waals surface area contributed by atoms with Crippen LogP contribution in [-0.4, -0.2) is 44.9 Å². The number of methoxy groups -OCH3 is 1. The fourth-order valence-electron chi connectivity index (χ4n) is 3.87. The van der Waals surface area contributed by atoms with Gasteiger partial charge in [-0.1, -0.05) is 42.3 Å². The minimum absolute atomic E-state index is 0.124. The number of amides is 1.